The molecule has 0 amide bonds. The normalized spacial score (nSPS) is 10.6. The molecule has 1 aromatic carbocycles. The number of phenols is 1. The summed E-state index contributed by atoms with van der Waals surface area (Å²) in [5.41, 5.74) is 1.09. The molecule has 1 N–H and O–H groups in total. The molecule has 0 atom stereocenters. The second kappa shape index (κ2) is 3.42. The van der Waals surface area contributed by atoms with Crippen LogP contribution < -0.4 is 0 Å². The van der Waals surface area contributed by atoms with Gasteiger partial charge < -0.3 is 5.11 Å². The minimum atomic E-state index is 0.267. The molecule has 14 heavy (non-hydrogen) atoms. The Morgan fingerprint density at radius 1 is 1.43 bits per heavy atom. The number of hydrogen-bond acceptors (Lipinski definition) is 3. The summed E-state index contributed by atoms with van der Waals surface area (Å²) in [5.74, 6) is 0.267. The first-order chi connectivity index (χ1) is 6.74. The van der Waals surface area contributed by atoms with Crippen LogP contribution in [0.4, 0.5) is 0 Å². The summed E-state index contributed by atoms with van der Waals surface area (Å²) in [4.78, 5) is 11.2. The Balaban J connectivity index is 2.73. The van der Waals surface area contributed by atoms with Crippen molar-refractivity contribution < 1.29 is 9.90 Å². The first-order valence-electron chi connectivity index (χ1n) is 4.45. The predicted molar refractivity (Wildman–Crippen MR) is 58.3 cm³/mol. The van der Waals surface area contributed by atoms with Crippen LogP contribution in [0.1, 0.15) is 22.2 Å². The summed E-state index contributed by atoms with van der Waals surface area (Å²) in [5, 5.41) is 10.5. The van der Waals surface area contributed by atoms with Crippen LogP contribution in [-0.2, 0) is 6.42 Å². The van der Waals surface area contributed by atoms with Gasteiger partial charge in [-0.15, -0.1) is 11.3 Å². The first kappa shape index (κ1) is 9.21. The average Bonchev–Trinajstić information content (AvgIpc) is 2.61. The highest BCUT2D eigenvalue weighted by Gasteiger charge is 2.06. The molecular weight excluding hydrogens is 196 g/mol. The number of fused-ring (bicyclic) bond motifs is 1. The van der Waals surface area contributed by atoms with Gasteiger partial charge in [0.05, 0.1) is 4.88 Å². The Kier molecular flexibility index (Phi) is 2.25. The van der Waals surface area contributed by atoms with Gasteiger partial charge in [-0.25, -0.2) is 0 Å². The van der Waals surface area contributed by atoms with Crippen molar-refractivity contribution in [2.45, 2.75) is 13.3 Å². The monoisotopic (exact) mass is 206 g/mol. The quantitative estimate of drug-likeness (QED) is 0.767. The van der Waals surface area contributed by atoms with Gasteiger partial charge in [-0.2, -0.15) is 0 Å². The molecule has 2 nitrogen and oxygen atoms in total. The van der Waals surface area contributed by atoms with Crippen molar-refractivity contribution in [2.24, 2.45) is 0 Å². The molecule has 0 aliphatic heterocycles. The Labute approximate surface area is 85.8 Å². The number of rotatable bonds is 2. The summed E-state index contributed by atoms with van der Waals surface area (Å²) < 4.78 is 0.976. The maximum absolute atomic E-state index is 10.6. The van der Waals surface area contributed by atoms with Crippen molar-refractivity contribution >= 4 is 27.7 Å². The van der Waals surface area contributed by atoms with E-state index >= 15 is 0 Å². The van der Waals surface area contributed by atoms with Gasteiger partial charge in [-0.3, -0.25) is 4.79 Å². The van der Waals surface area contributed by atoms with Gasteiger partial charge in [0.1, 0.15) is 5.75 Å². The lowest BCUT2D eigenvalue weighted by molar-refractivity contribution is 0.112. The van der Waals surface area contributed by atoms with Crippen LogP contribution in [0, 0.1) is 0 Å². The van der Waals surface area contributed by atoms with E-state index in [-0.39, 0.29) is 5.75 Å². The van der Waals surface area contributed by atoms with E-state index in [0.29, 0.717) is 4.88 Å². The van der Waals surface area contributed by atoms with Crippen molar-refractivity contribution in [1.82, 2.24) is 0 Å². The number of carbonyl (C=O) groups is 1. The van der Waals surface area contributed by atoms with E-state index in [1.54, 1.807) is 12.1 Å². The summed E-state index contributed by atoms with van der Waals surface area (Å²) in [7, 11) is 0. The Hall–Kier alpha value is -1.35. The number of thiophene rings is 1. The molecule has 0 fully saturated rings. The smallest absolute Gasteiger partial charge is 0.160 e. The maximum Gasteiger partial charge on any atom is 0.160 e. The highest BCUT2D eigenvalue weighted by Crippen LogP contribution is 2.32. The van der Waals surface area contributed by atoms with Gasteiger partial charge in [0.25, 0.3) is 0 Å². The average molecular weight is 206 g/mol. The number of aromatic hydroxyl groups is 1. The van der Waals surface area contributed by atoms with Crippen LogP contribution in [-0.4, -0.2) is 11.4 Å². The maximum atomic E-state index is 10.6. The Morgan fingerprint density at radius 2 is 2.21 bits per heavy atom. The zero-order valence-corrected chi connectivity index (χ0v) is 8.60. The number of aryl methyl sites for hydroxylation is 1. The molecule has 0 saturated carbocycles. The topological polar surface area (TPSA) is 37.3 Å². The van der Waals surface area contributed by atoms with Crippen LogP contribution in [0.15, 0.2) is 18.2 Å². The zero-order valence-electron chi connectivity index (χ0n) is 7.78. The van der Waals surface area contributed by atoms with Crippen LogP contribution in [0.2, 0.25) is 0 Å². The number of phenolic OH excluding ortho intramolecular Hbond substituents is 1. The SMILES string of the molecule is CCc1cc(O)c2cc(C=O)sc2c1. The molecule has 0 spiro atoms. The largest absolute Gasteiger partial charge is 0.507 e. The third-order valence-electron chi connectivity index (χ3n) is 2.22. The fourth-order valence-corrected chi connectivity index (χ4v) is 2.42. The summed E-state index contributed by atoms with van der Waals surface area (Å²) in [6.45, 7) is 2.04. The van der Waals surface area contributed by atoms with Gasteiger partial charge in [-0.05, 0) is 30.2 Å². The van der Waals surface area contributed by atoms with Crippen molar-refractivity contribution in [3.8, 4) is 5.75 Å². The molecule has 0 saturated heterocycles. The molecular formula is C11H10O2S. The zero-order chi connectivity index (χ0) is 10.1. The third kappa shape index (κ3) is 1.40. The van der Waals surface area contributed by atoms with Crippen LogP contribution in [0.25, 0.3) is 10.1 Å². The summed E-state index contributed by atoms with van der Waals surface area (Å²) in [6.07, 6.45) is 1.70. The van der Waals surface area contributed by atoms with E-state index in [1.165, 1.54) is 11.3 Å². The number of aldehydes is 1. The molecule has 2 aromatic rings. The second-order valence-electron chi connectivity index (χ2n) is 3.15. The van der Waals surface area contributed by atoms with Crippen molar-refractivity contribution in [2.75, 3.05) is 0 Å². The minimum absolute atomic E-state index is 0.267. The molecule has 0 bridgehead atoms. The lowest BCUT2D eigenvalue weighted by atomic mass is 10.1. The van der Waals surface area contributed by atoms with E-state index < -0.39 is 0 Å². The van der Waals surface area contributed by atoms with E-state index in [2.05, 4.69) is 0 Å². The third-order valence-corrected chi connectivity index (χ3v) is 3.23. The Bertz CT molecular complexity index is 485. The summed E-state index contributed by atoms with van der Waals surface area (Å²) >= 11 is 1.41. The van der Waals surface area contributed by atoms with Gasteiger partial charge in [-0.1, -0.05) is 6.92 Å². The lowest BCUT2D eigenvalue weighted by Gasteiger charge is -1.99. The Morgan fingerprint density at radius 3 is 2.86 bits per heavy atom. The molecule has 1 heterocycles. The standard InChI is InChI=1S/C11H10O2S/c1-2-7-3-10(13)9-5-8(6-12)14-11(9)4-7/h3-6,13H,2H2,1H3. The van der Waals surface area contributed by atoms with Crippen LogP contribution in [0.3, 0.4) is 0 Å². The first-order valence-corrected chi connectivity index (χ1v) is 5.27. The van der Waals surface area contributed by atoms with E-state index in [9.17, 15) is 9.90 Å². The molecule has 2 rings (SSSR count). The summed E-state index contributed by atoms with van der Waals surface area (Å²) in [6, 6.07) is 5.50. The van der Waals surface area contributed by atoms with Gasteiger partial charge in [0, 0.05) is 10.1 Å². The van der Waals surface area contributed by atoms with Crippen molar-refractivity contribution in [1.29, 1.82) is 0 Å². The number of benzene rings is 1. The second-order valence-corrected chi connectivity index (χ2v) is 4.26. The van der Waals surface area contributed by atoms with Crippen LogP contribution >= 0.6 is 11.3 Å². The number of carbonyl (C=O) groups excluding carboxylic acids is 1. The molecule has 1 aromatic heterocycles. The number of hydrogen-bond donors (Lipinski definition) is 1. The molecule has 0 aliphatic rings. The van der Waals surface area contributed by atoms with Gasteiger partial charge in [0.15, 0.2) is 6.29 Å². The molecule has 0 aliphatic carbocycles. The lowest BCUT2D eigenvalue weighted by Crippen LogP contribution is -1.78. The van der Waals surface area contributed by atoms with Gasteiger partial charge in [0.2, 0.25) is 0 Å². The predicted octanol–water partition coefficient (Wildman–Crippen LogP) is 2.98. The van der Waals surface area contributed by atoms with Gasteiger partial charge >= 0.3 is 0 Å². The molecule has 0 radical (unpaired) electrons. The molecule has 0 unspecified atom stereocenters. The van der Waals surface area contributed by atoms with E-state index in [1.807, 2.05) is 13.0 Å². The van der Waals surface area contributed by atoms with Crippen molar-refractivity contribution in [3.05, 3.63) is 28.6 Å². The molecule has 72 valence electrons. The molecule has 3 heteroatoms. The van der Waals surface area contributed by atoms with E-state index in [4.69, 9.17) is 0 Å². The fourth-order valence-electron chi connectivity index (χ4n) is 1.46. The van der Waals surface area contributed by atoms with Crippen molar-refractivity contribution in [3.63, 3.8) is 0 Å². The fraction of sp³-hybridized carbons (Fsp3) is 0.182. The highest BCUT2D eigenvalue weighted by molar-refractivity contribution is 7.20. The van der Waals surface area contributed by atoms with Crippen LogP contribution in [0.5, 0.6) is 5.75 Å². The highest BCUT2D eigenvalue weighted by atomic mass is 32.1. The minimum Gasteiger partial charge on any atom is -0.507 e. The van der Waals surface area contributed by atoms with E-state index in [0.717, 1.165) is 28.4 Å².